The van der Waals surface area contributed by atoms with Crippen molar-refractivity contribution in [3.63, 3.8) is 0 Å². The van der Waals surface area contributed by atoms with Crippen LogP contribution in [0.4, 0.5) is 14.6 Å². The molecule has 6 nitrogen and oxygen atoms in total. The molecular formula is C17H20F2N4O2. The Hall–Kier alpha value is -2.77. The number of hydrogen-bond donors (Lipinski definition) is 2. The second-order valence-corrected chi connectivity index (χ2v) is 5.91. The van der Waals surface area contributed by atoms with Crippen LogP contribution < -0.4 is 15.8 Å². The summed E-state index contributed by atoms with van der Waals surface area (Å²) >= 11 is 0. The summed E-state index contributed by atoms with van der Waals surface area (Å²) in [4.78, 5) is 20.2. The van der Waals surface area contributed by atoms with Gasteiger partial charge in [-0.3, -0.25) is 4.79 Å². The second-order valence-electron chi connectivity index (χ2n) is 5.91. The van der Waals surface area contributed by atoms with Crippen LogP contribution in [0.25, 0.3) is 0 Å². The summed E-state index contributed by atoms with van der Waals surface area (Å²) < 4.78 is 30.4. The molecule has 3 N–H and O–H groups in total. The van der Waals surface area contributed by atoms with E-state index in [2.05, 4.69) is 15.3 Å². The zero-order valence-electron chi connectivity index (χ0n) is 14.2. The summed E-state index contributed by atoms with van der Waals surface area (Å²) in [5, 5.41) is 2.82. The Kier molecular flexibility index (Phi) is 5.51. The Morgan fingerprint density at radius 1 is 1.40 bits per heavy atom. The fourth-order valence-corrected chi connectivity index (χ4v) is 2.14. The molecule has 2 aromatic rings. The highest BCUT2D eigenvalue weighted by Gasteiger charge is 2.22. The number of aryl methyl sites for hydroxylation is 1. The van der Waals surface area contributed by atoms with Crippen molar-refractivity contribution < 1.29 is 18.3 Å². The summed E-state index contributed by atoms with van der Waals surface area (Å²) in [7, 11) is 0. The fourth-order valence-electron chi connectivity index (χ4n) is 2.14. The number of hydrogen-bond acceptors (Lipinski definition) is 5. The number of amides is 1. The number of anilines is 1. The van der Waals surface area contributed by atoms with Gasteiger partial charge in [0, 0.05) is 24.9 Å². The summed E-state index contributed by atoms with van der Waals surface area (Å²) in [5.74, 6) is -2.88. The van der Waals surface area contributed by atoms with Crippen molar-refractivity contribution in [1.29, 1.82) is 0 Å². The number of pyridine rings is 2. The molecule has 0 saturated carbocycles. The normalized spacial score (nSPS) is 12.5. The minimum absolute atomic E-state index is 0.0312. The number of nitrogens with zero attached hydrogens (tertiary/aromatic N) is 2. The van der Waals surface area contributed by atoms with Gasteiger partial charge in [-0.15, -0.1) is 0 Å². The first-order chi connectivity index (χ1) is 11.6. The van der Waals surface area contributed by atoms with E-state index in [4.69, 9.17) is 10.5 Å². The van der Waals surface area contributed by atoms with Crippen molar-refractivity contribution in [2.75, 3.05) is 12.3 Å². The highest BCUT2D eigenvalue weighted by atomic mass is 19.3. The van der Waals surface area contributed by atoms with Gasteiger partial charge in [0.2, 0.25) is 5.88 Å². The molecule has 0 fully saturated rings. The molecular weight excluding hydrogens is 330 g/mol. The maximum Gasteiger partial charge on any atom is 0.278 e. The smallest absolute Gasteiger partial charge is 0.278 e. The van der Waals surface area contributed by atoms with E-state index in [1.165, 1.54) is 18.3 Å². The average Bonchev–Trinajstić information content (AvgIpc) is 2.51. The molecule has 0 aliphatic rings. The number of alkyl halides is 2. The zero-order chi connectivity index (χ0) is 18.6. The molecule has 2 heterocycles. The van der Waals surface area contributed by atoms with E-state index >= 15 is 0 Å². The third-order valence-corrected chi connectivity index (χ3v) is 3.32. The first-order valence-electron chi connectivity index (χ1n) is 7.65. The molecule has 0 aromatic carbocycles. The van der Waals surface area contributed by atoms with Gasteiger partial charge in [-0.2, -0.15) is 0 Å². The first-order valence-corrected chi connectivity index (χ1v) is 7.65. The third-order valence-electron chi connectivity index (χ3n) is 3.32. The second kappa shape index (κ2) is 7.42. The Balaban J connectivity index is 2.00. The number of halogens is 2. The van der Waals surface area contributed by atoms with Crippen molar-refractivity contribution in [3.8, 4) is 5.88 Å². The van der Waals surface area contributed by atoms with E-state index in [1.54, 1.807) is 6.07 Å². The van der Waals surface area contributed by atoms with Crippen LogP contribution >= 0.6 is 0 Å². The Morgan fingerprint density at radius 3 is 2.68 bits per heavy atom. The molecule has 0 radical (unpaired) electrons. The molecule has 25 heavy (non-hydrogen) atoms. The Morgan fingerprint density at radius 2 is 2.12 bits per heavy atom. The van der Waals surface area contributed by atoms with E-state index in [0.717, 1.165) is 18.2 Å². The number of nitrogens with one attached hydrogen (secondary N) is 1. The van der Waals surface area contributed by atoms with Crippen LogP contribution in [-0.2, 0) is 0 Å². The predicted molar refractivity (Wildman–Crippen MR) is 89.6 cm³/mol. The van der Waals surface area contributed by atoms with Crippen molar-refractivity contribution in [2.24, 2.45) is 0 Å². The van der Waals surface area contributed by atoms with Gasteiger partial charge >= 0.3 is 0 Å². The van der Waals surface area contributed by atoms with E-state index in [0.29, 0.717) is 11.4 Å². The highest BCUT2D eigenvalue weighted by Crippen LogP contribution is 2.18. The molecule has 2 aromatic heterocycles. The van der Waals surface area contributed by atoms with Gasteiger partial charge in [0.15, 0.2) is 6.61 Å². The van der Waals surface area contributed by atoms with Gasteiger partial charge < -0.3 is 15.8 Å². The van der Waals surface area contributed by atoms with Gasteiger partial charge in [0.05, 0.1) is 11.6 Å². The lowest BCUT2D eigenvalue weighted by atomic mass is 10.1. The monoisotopic (exact) mass is 350 g/mol. The van der Waals surface area contributed by atoms with Crippen LogP contribution in [0.2, 0.25) is 0 Å². The summed E-state index contributed by atoms with van der Waals surface area (Å²) in [5.41, 5.74) is 7.59. The Bertz CT molecular complexity index is 725. The number of nitrogen functional groups attached to an aromatic ring is 1. The molecule has 0 aliphatic heterocycles. The van der Waals surface area contributed by atoms with Crippen LogP contribution in [0.3, 0.4) is 0 Å². The van der Waals surface area contributed by atoms with Gasteiger partial charge in [-0.05, 0) is 37.6 Å². The van der Waals surface area contributed by atoms with Crippen molar-refractivity contribution in [3.05, 3.63) is 47.3 Å². The lowest BCUT2D eigenvalue weighted by Gasteiger charge is -2.15. The number of aromatic nitrogens is 2. The van der Waals surface area contributed by atoms with Crippen LogP contribution in [-0.4, -0.2) is 28.4 Å². The molecule has 8 heteroatoms. The lowest BCUT2D eigenvalue weighted by molar-refractivity contribution is -0.0242. The number of carbonyl (C=O) groups excluding carboxylic acids is 1. The SMILES string of the molecule is Cc1cc(C(C)NC(=O)c2ccc(OCC(C)(F)F)nc2)cc(N)n1. The Labute approximate surface area is 144 Å². The lowest BCUT2D eigenvalue weighted by Crippen LogP contribution is -2.27. The molecule has 1 unspecified atom stereocenters. The van der Waals surface area contributed by atoms with Crippen LogP contribution in [0, 0.1) is 6.92 Å². The number of rotatable bonds is 6. The standard InChI is InChI=1S/C17H20F2N4O2/c1-10-6-13(7-14(20)22-10)11(2)23-16(24)12-4-5-15(21-8-12)25-9-17(3,18)19/h4-8,11H,9H2,1-3H3,(H2,20,22)(H,23,24). The molecule has 0 saturated heterocycles. The van der Waals surface area contributed by atoms with Crippen LogP contribution in [0.1, 0.15) is 41.5 Å². The quantitative estimate of drug-likeness (QED) is 0.836. The topological polar surface area (TPSA) is 90.1 Å². The molecule has 1 atom stereocenters. The molecule has 134 valence electrons. The maximum absolute atomic E-state index is 12.7. The highest BCUT2D eigenvalue weighted by molar-refractivity contribution is 5.94. The third kappa shape index (κ3) is 5.66. The average molecular weight is 350 g/mol. The summed E-state index contributed by atoms with van der Waals surface area (Å²) in [6.45, 7) is 3.62. The minimum Gasteiger partial charge on any atom is -0.471 e. The van der Waals surface area contributed by atoms with Crippen molar-refractivity contribution >= 4 is 11.7 Å². The largest absolute Gasteiger partial charge is 0.471 e. The van der Waals surface area contributed by atoms with Crippen LogP contribution in [0.5, 0.6) is 5.88 Å². The zero-order valence-corrected chi connectivity index (χ0v) is 14.2. The number of nitrogens with two attached hydrogens (primary N) is 1. The molecule has 0 spiro atoms. The minimum atomic E-state index is -2.95. The van der Waals surface area contributed by atoms with Gasteiger partial charge in [0.25, 0.3) is 11.8 Å². The summed E-state index contributed by atoms with van der Waals surface area (Å²) in [6, 6.07) is 6.08. The van der Waals surface area contributed by atoms with Crippen molar-refractivity contribution in [2.45, 2.75) is 32.7 Å². The molecule has 1 amide bonds. The van der Waals surface area contributed by atoms with E-state index in [1.807, 2.05) is 19.9 Å². The van der Waals surface area contributed by atoms with Gasteiger partial charge in [-0.25, -0.2) is 18.7 Å². The fraction of sp³-hybridized carbons (Fsp3) is 0.353. The predicted octanol–water partition coefficient (Wildman–Crippen LogP) is 2.89. The number of ether oxygens (including phenoxy) is 1. The van der Waals surface area contributed by atoms with Gasteiger partial charge in [-0.1, -0.05) is 0 Å². The van der Waals surface area contributed by atoms with E-state index in [9.17, 15) is 13.6 Å². The van der Waals surface area contributed by atoms with E-state index < -0.39 is 12.5 Å². The summed E-state index contributed by atoms with van der Waals surface area (Å²) in [6.07, 6.45) is 1.28. The maximum atomic E-state index is 12.7. The van der Waals surface area contributed by atoms with E-state index in [-0.39, 0.29) is 17.8 Å². The number of carbonyl (C=O) groups is 1. The molecule has 2 rings (SSSR count). The first kappa shape index (κ1) is 18.6. The van der Waals surface area contributed by atoms with Crippen LogP contribution in [0.15, 0.2) is 30.5 Å². The van der Waals surface area contributed by atoms with Crippen molar-refractivity contribution in [1.82, 2.24) is 15.3 Å². The van der Waals surface area contributed by atoms with Gasteiger partial charge in [0.1, 0.15) is 5.82 Å². The molecule has 0 bridgehead atoms. The molecule has 0 aliphatic carbocycles.